The highest BCUT2D eigenvalue weighted by molar-refractivity contribution is 7.11. The Balaban J connectivity index is 1.68. The minimum Gasteiger partial charge on any atom is -0.296 e. The van der Waals surface area contributed by atoms with Crippen LogP contribution in [0.15, 0.2) is 12.3 Å². The van der Waals surface area contributed by atoms with Crippen LogP contribution in [0.3, 0.4) is 0 Å². The number of halogens is 3. The van der Waals surface area contributed by atoms with Crippen LogP contribution in [0.2, 0.25) is 0 Å². The van der Waals surface area contributed by atoms with Gasteiger partial charge in [-0.05, 0) is 39.3 Å². The number of aryl methyl sites for hydroxylation is 2. The summed E-state index contributed by atoms with van der Waals surface area (Å²) >= 11 is 1.69. The molecular formula is C15H19F3N4S. The van der Waals surface area contributed by atoms with Crippen molar-refractivity contribution in [3.8, 4) is 0 Å². The van der Waals surface area contributed by atoms with Crippen LogP contribution in [-0.4, -0.2) is 32.8 Å². The minimum absolute atomic E-state index is 0.00539. The normalized spacial score (nSPS) is 20.1. The zero-order valence-electron chi connectivity index (χ0n) is 13.1. The van der Waals surface area contributed by atoms with Gasteiger partial charge in [0.1, 0.15) is 0 Å². The fraction of sp³-hybridized carbons (Fsp3) is 0.600. The van der Waals surface area contributed by atoms with Crippen molar-refractivity contribution in [2.75, 3.05) is 13.1 Å². The molecular weight excluding hydrogens is 325 g/mol. The van der Waals surface area contributed by atoms with Crippen LogP contribution in [0, 0.1) is 13.8 Å². The first-order valence-electron chi connectivity index (χ1n) is 7.60. The van der Waals surface area contributed by atoms with Gasteiger partial charge in [0.15, 0.2) is 5.69 Å². The van der Waals surface area contributed by atoms with Crippen molar-refractivity contribution in [2.45, 2.75) is 45.5 Å². The molecule has 4 nitrogen and oxygen atoms in total. The van der Waals surface area contributed by atoms with Crippen LogP contribution in [0.1, 0.15) is 40.2 Å². The Morgan fingerprint density at radius 1 is 1.35 bits per heavy atom. The minimum atomic E-state index is -4.38. The van der Waals surface area contributed by atoms with E-state index < -0.39 is 11.9 Å². The van der Waals surface area contributed by atoms with Crippen molar-refractivity contribution >= 4 is 11.3 Å². The number of nitrogens with zero attached hydrogens (tertiary/aromatic N) is 4. The zero-order valence-corrected chi connectivity index (χ0v) is 13.9. The molecule has 1 aliphatic heterocycles. The molecule has 0 N–H and O–H groups in total. The van der Waals surface area contributed by atoms with Crippen molar-refractivity contribution in [3.05, 3.63) is 33.5 Å². The van der Waals surface area contributed by atoms with Gasteiger partial charge in [-0.2, -0.15) is 18.3 Å². The van der Waals surface area contributed by atoms with Crippen LogP contribution in [0.4, 0.5) is 13.2 Å². The van der Waals surface area contributed by atoms with E-state index in [1.165, 1.54) is 15.8 Å². The maximum atomic E-state index is 12.7. The number of alkyl halides is 3. The van der Waals surface area contributed by atoms with E-state index in [0.717, 1.165) is 49.2 Å². The van der Waals surface area contributed by atoms with Gasteiger partial charge in [-0.3, -0.25) is 9.58 Å². The average molecular weight is 344 g/mol. The van der Waals surface area contributed by atoms with E-state index in [-0.39, 0.29) is 6.04 Å². The summed E-state index contributed by atoms with van der Waals surface area (Å²) in [5, 5.41) is 4.77. The molecule has 8 heteroatoms. The Kier molecular flexibility index (Phi) is 4.46. The molecule has 3 rings (SSSR count). The van der Waals surface area contributed by atoms with E-state index in [0.29, 0.717) is 0 Å². The molecule has 0 aromatic carbocycles. The third-order valence-electron chi connectivity index (χ3n) is 4.12. The van der Waals surface area contributed by atoms with Gasteiger partial charge in [0.2, 0.25) is 0 Å². The van der Waals surface area contributed by atoms with Gasteiger partial charge in [-0.25, -0.2) is 4.98 Å². The topological polar surface area (TPSA) is 34.0 Å². The Morgan fingerprint density at radius 2 is 2.13 bits per heavy atom. The lowest BCUT2D eigenvalue weighted by molar-refractivity contribution is -0.141. The van der Waals surface area contributed by atoms with Crippen molar-refractivity contribution in [3.63, 3.8) is 0 Å². The van der Waals surface area contributed by atoms with Crippen LogP contribution in [0.25, 0.3) is 0 Å². The first kappa shape index (κ1) is 16.4. The summed E-state index contributed by atoms with van der Waals surface area (Å²) in [6, 6.07) is 1.05. The summed E-state index contributed by atoms with van der Waals surface area (Å²) < 4.78 is 39.5. The summed E-state index contributed by atoms with van der Waals surface area (Å²) in [6.07, 6.45) is -1.12. The molecule has 0 saturated carbocycles. The molecule has 0 bridgehead atoms. The lowest BCUT2D eigenvalue weighted by Gasteiger charge is -2.32. The van der Waals surface area contributed by atoms with Crippen molar-refractivity contribution in [1.82, 2.24) is 19.7 Å². The number of likely N-dealkylation sites (tertiary alicyclic amines) is 1. The average Bonchev–Trinajstić information content (AvgIpc) is 3.06. The van der Waals surface area contributed by atoms with Crippen molar-refractivity contribution in [1.29, 1.82) is 0 Å². The zero-order chi connectivity index (χ0) is 16.6. The highest BCUT2D eigenvalue weighted by atomic mass is 32.1. The summed E-state index contributed by atoms with van der Waals surface area (Å²) in [5.74, 6) is 0. The molecule has 3 heterocycles. The number of thiazole rings is 1. The largest absolute Gasteiger partial charge is 0.435 e. The molecule has 0 spiro atoms. The monoisotopic (exact) mass is 344 g/mol. The van der Waals surface area contributed by atoms with E-state index in [9.17, 15) is 13.2 Å². The molecule has 2 aromatic heterocycles. The molecule has 23 heavy (non-hydrogen) atoms. The Hall–Kier alpha value is -1.41. The molecule has 2 aromatic rings. The van der Waals surface area contributed by atoms with Gasteiger partial charge in [-0.15, -0.1) is 11.3 Å². The van der Waals surface area contributed by atoms with E-state index in [2.05, 4.69) is 15.0 Å². The Morgan fingerprint density at radius 3 is 2.74 bits per heavy atom. The summed E-state index contributed by atoms with van der Waals surface area (Å²) in [6.45, 7) is 6.48. The van der Waals surface area contributed by atoms with E-state index in [1.54, 1.807) is 11.3 Å². The maximum Gasteiger partial charge on any atom is 0.435 e. The maximum absolute atomic E-state index is 12.7. The third kappa shape index (κ3) is 3.74. The van der Waals surface area contributed by atoms with Gasteiger partial charge >= 0.3 is 6.18 Å². The van der Waals surface area contributed by atoms with E-state index in [1.807, 2.05) is 13.8 Å². The quantitative estimate of drug-likeness (QED) is 0.849. The van der Waals surface area contributed by atoms with E-state index >= 15 is 0 Å². The van der Waals surface area contributed by atoms with Gasteiger partial charge in [0, 0.05) is 24.2 Å². The second-order valence-corrected chi connectivity index (χ2v) is 7.24. The molecule has 0 radical (unpaired) electrons. The number of hydrogen-bond donors (Lipinski definition) is 0. The summed E-state index contributed by atoms with van der Waals surface area (Å²) in [7, 11) is 0. The first-order chi connectivity index (χ1) is 10.8. The molecule has 1 aliphatic rings. The molecule has 0 amide bonds. The van der Waals surface area contributed by atoms with Crippen molar-refractivity contribution in [2.24, 2.45) is 0 Å². The van der Waals surface area contributed by atoms with Crippen LogP contribution in [-0.2, 0) is 12.7 Å². The second-order valence-electron chi connectivity index (χ2n) is 5.95. The molecule has 126 valence electrons. The highest BCUT2D eigenvalue weighted by Crippen LogP contribution is 2.30. The van der Waals surface area contributed by atoms with Gasteiger partial charge in [0.25, 0.3) is 0 Å². The summed E-state index contributed by atoms with van der Waals surface area (Å²) in [5.41, 5.74) is 0.233. The number of piperidine rings is 1. The summed E-state index contributed by atoms with van der Waals surface area (Å²) in [4.78, 5) is 7.95. The van der Waals surface area contributed by atoms with Gasteiger partial charge in [-0.1, -0.05) is 0 Å². The smallest absolute Gasteiger partial charge is 0.296 e. The van der Waals surface area contributed by atoms with Crippen LogP contribution in [0.5, 0.6) is 0 Å². The Labute approximate surface area is 136 Å². The predicted molar refractivity (Wildman–Crippen MR) is 82.4 cm³/mol. The van der Waals surface area contributed by atoms with Crippen LogP contribution >= 0.6 is 11.3 Å². The number of hydrogen-bond acceptors (Lipinski definition) is 4. The molecule has 1 fully saturated rings. The van der Waals surface area contributed by atoms with Gasteiger partial charge < -0.3 is 0 Å². The fourth-order valence-corrected chi connectivity index (χ4v) is 3.99. The number of rotatable bonds is 3. The second kappa shape index (κ2) is 6.24. The van der Waals surface area contributed by atoms with E-state index in [4.69, 9.17) is 0 Å². The van der Waals surface area contributed by atoms with Crippen LogP contribution < -0.4 is 0 Å². The molecule has 0 aliphatic carbocycles. The standard InChI is InChI=1S/C15H19F3N4S/c1-10-13(23-11(2)19-10)9-21-6-3-4-12(8-21)22-7-5-14(20-22)15(16,17)18/h5,7,12H,3-4,6,8-9H2,1-2H3/t12-/m0/s1. The third-order valence-corrected chi connectivity index (χ3v) is 5.18. The van der Waals surface area contributed by atoms with Crippen molar-refractivity contribution < 1.29 is 13.2 Å². The van der Waals surface area contributed by atoms with Gasteiger partial charge in [0.05, 0.1) is 16.7 Å². The molecule has 1 atom stereocenters. The predicted octanol–water partition coefficient (Wildman–Crippen LogP) is 3.81. The SMILES string of the molecule is Cc1nc(C)c(CN2CCC[C@H](n3ccc(C(F)(F)F)n3)C2)s1. The lowest BCUT2D eigenvalue weighted by atomic mass is 10.1. The fourth-order valence-electron chi connectivity index (χ4n) is 3.01. The number of aromatic nitrogens is 3. The highest BCUT2D eigenvalue weighted by Gasteiger charge is 2.34. The molecule has 1 saturated heterocycles. The molecule has 0 unspecified atom stereocenters. The Bertz CT molecular complexity index is 677. The first-order valence-corrected chi connectivity index (χ1v) is 8.42. The lowest BCUT2D eigenvalue weighted by Crippen LogP contribution is -2.36.